The van der Waals surface area contributed by atoms with Gasteiger partial charge in [0.25, 0.3) is 0 Å². The van der Waals surface area contributed by atoms with Gasteiger partial charge in [-0.05, 0) is 0 Å². The summed E-state index contributed by atoms with van der Waals surface area (Å²) in [6.07, 6.45) is 3.92. The molecule has 0 unspecified atom stereocenters. The lowest BCUT2D eigenvalue weighted by Crippen LogP contribution is -1.78. The molecular formula is C4H5NO. The van der Waals surface area contributed by atoms with Gasteiger partial charge in [0, 0.05) is 5.92 Å². The highest BCUT2D eigenvalue weighted by Crippen LogP contribution is 2.14. The van der Waals surface area contributed by atoms with Gasteiger partial charge in [-0.3, -0.25) is 0 Å². The number of nitroso groups, excluding NO2 is 1. The summed E-state index contributed by atoms with van der Waals surface area (Å²) in [7, 11) is 0. The molecule has 0 amide bonds. The van der Waals surface area contributed by atoms with Crippen LogP contribution in [0.4, 0.5) is 0 Å². The molecule has 0 spiro atoms. The molecule has 0 fully saturated rings. The largest absolute Gasteiger partial charge is 0.151 e. The van der Waals surface area contributed by atoms with Gasteiger partial charge in [-0.2, -0.15) is 4.91 Å². The fraction of sp³-hybridized carbons (Fsp3) is 0.500. The van der Waals surface area contributed by atoms with E-state index in [1.807, 2.05) is 12.2 Å². The molecule has 0 bridgehead atoms. The Hall–Kier alpha value is -0.660. The summed E-state index contributed by atoms with van der Waals surface area (Å²) in [5.74, 6) is 0.419. The van der Waals surface area contributed by atoms with Crippen LogP contribution in [-0.4, -0.2) is 6.54 Å². The molecule has 0 radical (unpaired) electrons. The molecule has 0 saturated heterocycles. The summed E-state index contributed by atoms with van der Waals surface area (Å²) in [6.45, 7) is 0.444. The number of rotatable bonds is 2. The van der Waals surface area contributed by atoms with E-state index in [-0.39, 0.29) is 0 Å². The van der Waals surface area contributed by atoms with E-state index < -0.39 is 0 Å². The van der Waals surface area contributed by atoms with Crippen LogP contribution in [-0.2, 0) is 0 Å². The summed E-state index contributed by atoms with van der Waals surface area (Å²) in [5, 5.41) is 2.69. The van der Waals surface area contributed by atoms with Crippen molar-refractivity contribution < 1.29 is 0 Å². The molecule has 1 aliphatic carbocycles. The minimum absolute atomic E-state index is 0.419. The Bertz CT molecular complexity index is 81.5. The molecule has 32 valence electrons. The molecule has 0 aromatic heterocycles. The van der Waals surface area contributed by atoms with Crippen molar-refractivity contribution in [1.29, 1.82) is 0 Å². The molecule has 0 aromatic rings. The second-order valence-corrected chi connectivity index (χ2v) is 1.36. The summed E-state index contributed by atoms with van der Waals surface area (Å²) in [4.78, 5) is 9.37. The highest BCUT2D eigenvalue weighted by atomic mass is 16.3. The third kappa shape index (κ3) is 0.641. The van der Waals surface area contributed by atoms with Gasteiger partial charge in [0.1, 0.15) is 0 Å². The summed E-state index contributed by atoms with van der Waals surface area (Å²) >= 11 is 0. The third-order valence-electron chi connectivity index (χ3n) is 0.750. The van der Waals surface area contributed by atoms with Gasteiger partial charge < -0.3 is 0 Å². The molecular weight excluding hydrogens is 78.0 g/mol. The lowest BCUT2D eigenvalue weighted by atomic mass is 10.4. The van der Waals surface area contributed by atoms with Gasteiger partial charge >= 0.3 is 0 Å². The third-order valence-corrected chi connectivity index (χ3v) is 0.750. The molecule has 0 atom stereocenters. The number of hydrogen-bond acceptors (Lipinski definition) is 2. The smallest absolute Gasteiger partial charge is 0.0908 e. The fourth-order valence-electron chi connectivity index (χ4n) is 0.286. The molecule has 0 heterocycles. The van der Waals surface area contributed by atoms with Crippen molar-refractivity contribution in [1.82, 2.24) is 0 Å². The van der Waals surface area contributed by atoms with E-state index >= 15 is 0 Å². The zero-order valence-corrected chi connectivity index (χ0v) is 3.29. The molecule has 2 heteroatoms. The Labute approximate surface area is 35.8 Å². The summed E-state index contributed by atoms with van der Waals surface area (Å²) in [6, 6.07) is 0. The minimum Gasteiger partial charge on any atom is -0.151 e. The predicted octanol–water partition coefficient (Wildman–Crippen LogP) is 0.939. The Morgan fingerprint density at radius 1 is 1.67 bits per heavy atom. The number of hydrogen-bond donors (Lipinski definition) is 0. The highest BCUT2D eigenvalue weighted by molar-refractivity contribution is 5.13. The highest BCUT2D eigenvalue weighted by Gasteiger charge is 2.08. The second kappa shape index (κ2) is 1.20. The van der Waals surface area contributed by atoms with Crippen molar-refractivity contribution in [3.8, 4) is 0 Å². The molecule has 0 N–H and O–H groups in total. The summed E-state index contributed by atoms with van der Waals surface area (Å²) < 4.78 is 0. The Morgan fingerprint density at radius 3 is 2.50 bits per heavy atom. The molecule has 1 aliphatic rings. The molecule has 0 aliphatic heterocycles. The van der Waals surface area contributed by atoms with Crippen molar-refractivity contribution in [2.24, 2.45) is 11.1 Å². The summed E-state index contributed by atoms with van der Waals surface area (Å²) in [5.41, 5.74) is 0. The van der Waals surface area contributed by atoms with Gasteiger partial charge in [0.15, 0.2) is 0 Å². The normalized spacial score (nSPS) is 18.0. The average molecular weight is 83.1 g/mol. The van der Waals surface area contributed by atoms with E-state index in [1.165, 1.54) is 0 Å². The second-order valence-electron chi connectivity index (χ2n) is 1.36. The van der Waals surface area contributed by atoms with Crippen LogP contribution in [0.2, 0.25) is 0 Å². The van der Waals surface area contributed by atoms with Crippen molar-refractivity contribution in [3.63, 3.8) is 0 Å². The van der Waals surface area contributed by atoms with Gasteiger partial charge in [-0.25, -0.2) is 0 Å². The van der Waals surface area contributed by atoms with Crippen LogP contribution in [0.5, 0.6) is 0 Å². The van der Waals surface area contributed by atoms with Crippen LogP contribution in [0, 0.1) is 10.8 Å². The first-order valence-electron chi connectivity index (χ1n) is 1.91. The predicted molar refractivity (Wildman–Crippen MR) is 23.3 cm³/mol. The maximum atomic E-state index is 9.37. The van der Waals surface area contributed by atoms with Gasteiger partial charge in [-0.15, -0.1) is 0 Å². The maximum Gasteiger partial charge on any atom is 0.0908 e. The Balaban J connectivity index is 2.04. The van der Waals surface area contributed by atoms with Crippen LogP contribution < -0.4 is 0 Å². The van der Waals surface area contributed by atoms with Gasteiger partial charge in [0.05, 0.1) is 6.54 Å². The van der Waals surface area contributed by atoms with Crippen molar-refractivity contribution >= 4 is 0 Å². The van der Waals surface area contributed by atoms with E-state index in [2.05, 4.69) is 5.18 Å². The zero-order chi connectivity index (χ0) is 4.41. The van der Waals surface area contributed by atoms with Crippen molar-refractivity contribution in [2.45, 2.75) is 0 Å². The Morgan fingerprint density at radius 2 is 2.33 bits per heavy atom. The maximum absolute atomic E-state index is 9.37. The van der Waals surface area contributed by atoms with E-state index in [4.69, 9.17) is 0 Å². The lowest BCUT2D eigenvalue weighted by Gasteiger charge is -1.74. The topological polar surface area (TPSA) is 29.4 Å². The first-order valence-corrected chi connectivity index (χ1v) is 1.91. The van der Waals surface area contributed by atoms with Gasteiger partial charge in [-0.1, -0.05) is 17.3 Å². The van der Waals surface area contributed by atoms with Crippen LogP contribution in [0.3, 0.4) is 0 Å². The van der Waals surface area contributed by atoms with Gasteiger partial charge in [0.2, 0.25) is 0 Å². The monoisotopic (exact) mass is 83.0 g/mol. The van der Waals surface area contributed by atoms with Crippen LogP contribution in [0.1, 0.15) is 0 Å². The van der Waals surface area contributed by atoms with E-state index in [1.54, 1.807) is 0 Å². The molecule has 0 saturated carbocycles. The number of nitrogens with zero attached hydrogens (tertiary/aromatic N) is 1. The van der Waals surface area contributed by atoms with Crippen LogP contribution in [0.25, 0.3) is 0 Å². The first-order chi connectivity index (χ1) is 2.93. The van der Waals surface area contributed by atoms with Crippen molar-refractivity contribution in [3.05, 3.63) is 17.1 Å². The molecule has 0 aromatic carbocycles. The Kier molecular flexibility index (Phi) is 0.708. The molecule has 2 nitrogen and oxygen atoms in total. The van der Waals surface area contributed by atoms with Crippen LogP contribution in [0.15, 0.2) is 17.3 Å². The molecule has 1 rings (SSSR count). The SMILES string of the molecule is O=NCC1C=C1. The van der Waals surface area contributed by atoms with E-state index in [9.17, 15) is 4.91 Å². The lowest BCUT2D eigenvalue weighted by molar-refractivity contribution is 0.909. The minimum atomic E-state index is 0.419. The van der Waals surface area contributed by atoms with E-state index in [0.29, 0.717) is 12.5 Å². The fourth-order valence-corrected chi connectivity index (χ4v) is 0.286. The van der Waals surface area contributed by atoms with E-state index in [0.717, 1.165) is 0 Å². The van der Waals surface area contributed by atoms with Crippen molar-refractivity contribution in [2.75, 3.05) is 6.54 Å². The first kappa shape index (κ1) is 3.53. The quantitative estimate of drug-likeness (QED) is 0.361. The van der Waals surface area contributed by atoms with Crippen LogP contribution >= 0.6 is 0 Å². The average Bonchev–Trinajstić information content (AvgIpc) is 2.21. The zero-order valence-electron chi connectivity index (χ0n) is 3.29. The molecule has 6 heavy (non-hydrogen) atoms. The standard InChI is InChI=1S/C4H5NO/c6-5-3-4-1-2-4/h1-2,4H,3H2.